The Morgan fingerprint density at radius 1 is 0.964 bits per heavy atom. The summed E-state index contributed by atoms with van der Waals surface area (Å²) < 4.78 is 5.26. The summed E-state index contributed by atoms with van der Waals surface area (Å²) in [5.41, 5.74) is 3.98. The molecule has 2 amide bonds. The van der Waals surface area contributed by atoms with Gasteiger partial charge in [0.1, 0.15) is 5.76 Å². The number of urea groups is 1. The highest BCUT2D eigenvalue weighted by atomic mass is 16.5. The molecule has 6 nitrogen and oxygen atoms in total. The molecule has 0 aliphatic rings. The second kappa shape index (κ2) is 8.17. The van der Waals surface area contributed by atoms with Gasteiger partial charge >= 0.3 is 6.03 Å². The van der Waals surface area contributed by atoms with Gasteiger partial charge in [-0.15, -0.1) is 0 Å². The Hall–Kier alpha value is -3.28. The first-order valence-corrected chi connectivity index (χ1v) is 9.24. The average Bonchev–Trinajstić information content (AvgIpc) is 3.11. The zero-order chi connectivity index (χ0) is 20.1. The molecule has 1 aromatic heterocycles. The molecule has 28 heavy (non-hydrogen) atoms. The molecule has 0 spiro atoms. The van der Waals surface area contributed by atoms with Gasteiger partial charge in [0, 0.05) is 29.4 Å². The second-order valence-electron chi connectivity index (χ2n) is 7.82. The van der Waals surface area contributed by atoms with E-state index in [4.69, 9.17) is 4.52 Å². The monoisotopic (exact) mass is 378 g/mol. The Morgan fingerprint density at radius 3 is 2.21 bits per heavy atom. The van der Waals surface area contributed by atoms with Crippen molar-refractivity contribution < 1.29 is 9.32 Å². The van der Waals surface area contributed by atoms with Crippen molar-refractivity contribution in [1.82, 2.24) is 5.16 Å². The minimum atomic E-state index is -0.367. The first-order valence-electron chi connectivity index (χ1n) is 9.24. The largest absolute Gasteiger partial charge is 0.381 e. The van der Waals surface area contributed by atoms with Crippen molar-refractivity contribution in [3.63, 3.8) is 0 Å². The van der Waals surface area contributed by atoms with Crippen molar-refractivity contribution in [1.29, 1.82) is 0 Å². The van der Waals surface area contributed by atoms with Crippen LogP contribution in [0.25, 0.3) is 0 Å². The first kappa shape index (κ1) is 19.5. The molecule has 0 aliphatic heterocycles. The number of amides is 2. The molecule has 0 saturated heterocycles. The Labute approximate surface area is 165 Å². The summed E-state index contributed by atoms with van der Waals surface area (Å²) >= 11 is 0. The maximum Gasteiger partial charge on any atom is 0.324 e. The lowest BCUT2D eigenvalue weighted by molar-refractivity contribution is 0.262. The van der Waals surface area contributed by atoms with E-state index in [2.05, 4.69) is 52.3 Å². The van der Waals surface area contributed by atoms with E-state index in [9.17, 15) is 4.79 Å². The molecule has 0 aliphatic carbocycles. The van der Waals surface area contributed by atoms with Gasteiger partial charge in [-0.2, -0.15) is 0 Å². The van der Waals surface area contributed by atoms with Gasteiger partial charge in [-0.25, -0.2) is 4.79 Å². The van der Waals surface area contributed by atoms with Crippen LogP contribution in [0.15, 0.2) is 59.1 Å². The van der Waals surface area contributed by atoms with Gasteiger partial charge in [-0.05, 0) is 36.8 Å². The fourth-order valence-corrected chi connectivity index (χ4v) is 2.55. The predicted octanol–water partition coefficient (Wildman–Crippen LogP) is 5.54. The van der Waals surface area contributed by atoms with Crippen LogP contribution in [-0.2, 0) is 12.0 Å². The third kappa shape index (κ3) is 5.36. The van der Waals surface area contributed by atoms with Gasteiger partial charge in [-0.1, -0.05) is 55.8 Å². The number of nitrogens with one attached hydrogen (secondary N) is 3. The Balaban J connectivity index is 1.51. The number of aromatic nitrogens is 1. The van der Waals surface area contributed by atoms with E-state index in [1.165, 1.54) is 11.1 Å². The number of hydrogen-bond donors (Lipinski definition) is 3. The van der Waals surface area contributed by atoms with Crippen LogP contribution in [0.4, 0.5) is 22.0 Å². The molecular formula is C22H26N4O2. The molecule has 0 unspecified atom stereocenters. The summed E-state index contributed by atoms with van der Waals surface area (Å²) in [6.07, 6.45) is 0. The standard InChI is InChI=1S/C22H26N4O2/c1-15-5-7-16(8-6-15)14-23-17-9-11-18(12-10-17)24-21(27)25-20-13-19(28-26-20)22(2,3)4/h5-13,23H,14H2,1-4H3,(H2,24,25,26,27). The quantitative estimate of drug-likeness (QED) is 0.545. The van der Waals surface area contributed by atoms with E-state index >= 15 is 0 Å². The summed E-state index contributed by atoms with van der Waals surface area (Å²) in [6, 6.07) is 17.3. The van der Waals surface area contributed by atoms with Crippen molar-refractivity contribution in [3.05, 3.63) is 71.5 Å². The number of anilines is 3. The normalized spacial score (nSPS) is 11.1. The summed E-state index contributed by atoms with van der Waals surface area (Å²) in [7, 11) is 0. The molecule has 1 heterocycles. The molecule has 146 valence electrons. The van der Waals surface area contributed by atoms with Crippen molar-refractivity contribution in [2.75, 3.05) is 16.0 Å². The molecule has 3 N–H and O–H groups in total. The first-order chi connectivity index (χ1) is 13.3. The lowest BCUT2D eigenvalue weighted by Crippen LogP contribution is -2.19. The molecule has 6 heteroatoms. The minimum absolute atomic E-state index is 0.162. The smallest absolute Gasteiger partial charge is 0.324 e. The number of benzene rings is 2. The zero-order valence-electron chi connectivity index (χ0n) is 16.7. The number of carbonyl (C=O) groups is 1. The minimum Gasteiger partial charge on any atom is -0.381 e. The van der Waals surface area contributed by atoms with E-state index in [0.29, 0.717) is 17.3 Å². The van der Waals surface area contributed by atoms with Crippen molar-refractivity contribution in [2.45, 2.75) is 39.7 Å². The van der Waals surface area contributed by atoms with Gasteiger partial charge in [0.05, 0.1) is 0 Å². The molecule has 3 aromatic rings. The molecule has 0 fully saturated rings. The van der Waals surface area contributed by atoms with Crippen LogP contribution in [0.2, 0.25) is 0 Å². The van der Waals surface area contributed by atoms with Crippen molar-refractivity contribution in [2.24, 2.45) is 0 Å². The third-order valence-corrected chi connectivity index (χ3v) is 4.25. The molecule has 3 rings (SSSR count). The average molecular weight is 378 g/mol. The van der Waals surface area contributed by atoms with Crippen LogP contribution in [0.3, 0.4) is 0 Å². The van der Waals surface area contributed by atoms with Gasteiger partial charge in [-0.3, -0.25) is 5.32 Å². The maximum atomic E-state index is 12.1. The summed E-state index contributed by atoms with van der Waals surface area (Å²) in [5, 5.41) is 12.7. The lowest BCUT2D eigenvalue weighted by Gasteiger charge is -2.12. The summed E-state index contributed by atoms with van der Waals surface area (Å²) in [4.78, 5) is 12.1. The van der Waals surface area contributed by atoms with Gasteiger partial charge in [0.25, 0.3) is 0 Å². The fraction of sp³-hybridized carbons (Fsp3) is 0.273. The Morgan fingerprint density at radius 2 is 1.61 bits per heavy atom. The zero-order valence-corrected chi connectivity index (χ0v) is 16.7. The third-order valence-electron chi connectivity index (χ3n) is 4.25. The number of hydrogen-bond acceptors (Lipinski definition) is 4. The number of aryl methyl sites for hydroxylation is 1. The second-order valence-corrected chi connectivity index (χ2v) is 7.82. The van der Waals surface area contributed by atoms with Gasteiger partial charge in [0.2, 0.25) is 0 Å². The van der Waals surface area contributed by atoms with Gasteiger partial charge < -0.3 is 15.2 Å². The topological polar surface area (TPSA) is 79.2 Å². The molecule has 0 bridgehead atoms. The number of nitrogens with zero attached hydrogens (tertiary/aromatic N) is 1. The van der Waals surface area contributed by atoms with Crippen LogP contribution < -0.4 is 16.0 Å². The van der Waals surface area contributed by atoms with E-state index in [0.717, 1.165) is 12.2 Å². The molecule has 0 saturated carbocycles. The van der Waals surface area contributed by atoms with Crippen LogP contribution >= 0.6 is 0 Å². The highest BCUT2D eigenvalue weighted by molar-refractivity contribution is 5.99. The molecule has 0 radical (unpaired) electrons. The van der Waals surface area contributed by atoms with Crippen LogP contribution in [0.1, 0.15) is 37.7 Å². The number of rotatable bonds is 5. The molecular weight excluding hydrogens is 352 g/mol. The Kier molecular flexibility index (Phi) is 5.68. The van der Waals surface area contributed by atoms with Crippen molar-refractivity contribution in [3.8, 4) is 0 Å². The Bertz CT molecular complexity index is 922. The summed E-state index contributed by atoms with van der Waals surface area (Å²) in [6.45, 7) is 8.88. The summed E-state index contributed by atoms with van der Waals surface area (Å²) in [5.74, 6) is 1.10. The highest BCUT2D eigenvalue weighted by Crippen LogP contribution is 2.24. The van der Waals surface area contributed by atoms with Crippen LogP contribution in [0.5, 0.6) is 0 Å². The highest BCUT2D eigenvalue weighted by Gasteiger charge is 2.20. The fourth-order valence-electron chi connectivity index (χ4n) is 2.55. The predicted molar refractivity (Wildman–Crippen MR) is 113 cm³/mol. The SMILES string of the molecule is Cc1ccc(CNc2ccc(NC(=O)Nc3cc(C(C)(C)C)on3)cc2)cc1. The van der Waals surface area contributed by atoms with Crippen molar-refractivity contribution >= 4 is 23.2 Å². The maximum absolute atomic E-state index is 12.1. The van der Waals surface area contributed by atoms with E-state index < -0.39 is 0 Å². The van der Waals surface area contributed by atoms with Crippen LogP contribution in [0, 0.1) is 6.92 Å². The number of carbonyl (C=O) groups excluding carboxylic acids is 1. The molecule has 0 atom stereocenters. The van der Waals surface area contributed by atoms with E-state index in [1.54, 1.807) is 6.07 Å². The lowest BCUT2D eigenvalue weighted by atomic mass is 9.93. The van der Waals surface area contributed by atoms with Gasteiger partial charge in [0.15, 0.2) is 5.82 Å². The van der Waals surface area contributed by atoms with Crippen LogP contribution in [-0.4, -0.2) is 11.2 Å². The van der Waals surface area contributed by atoms with E-state index in [1.807, 2.05) is 45.0 Å². The molecule has 2 aromatic carbocycles. The van der Waals surface area contributed by atoms with E-state index in [-0.39, 0.29) is 11.4 Å².